The summed E-state index contributed by atoms with van der Waals surface area (Å²) in [7, 11) is -3.64. The van der Waals surface area contributed by atoms with Crippen LogP contribution in [0.1, 0.15) is 25.5 Å². The van der Waals surface area contributed by atoms with E-state index in [1.54, 1.807) is 18.2 Å². The molecule has 1 atom stereocenters. The maximum Gasteiger partial charge on any atom is 0.262 e. The molecule has 2 aromatic rings. The highest BCUT2D eigenvalue weighted by Crippen LogP contribution is 2.19. The maximum absolute atomic E-state index is 12.3. The van der Waals surface area contributed by atoms with Crippen LogP contribution < -0.4 is 10.0 Å². The number of hydrogen-bond donors (Lipinski definition) is 2. The molecule has 0 spiro atoms. The van der Waals surface area contributed by atoms with Gasteiger partial charge in [0.15, 0.2) is 0 Å². The van der Waals surface area contributed by atoms with Gasteiger partial charge in [-0.3, -0.25) is 4.72 Å². The van der Waals surface area contributed by atoms with E-state index in [0.717, 1.165) is 12.1 Å². The largest absolute Gasteiger partial charge is 0.310 e. The van der Waals surface area contributed by atoms with E-state index < -0.39 is 10.0 Å². The van der Waals surface area contributed by atoms with Crippen molar-refractivity contribution in [2.75, 3.05) is 11.3 Å². The Labute approximate surface area is 124 Å². The number of nitrogens with zero attached hydrogens (tertiary/aromatic N) is 2. The Kier molecular flexibility index (Phi) is 4.87. The van der Waals surface area contributed by atoms with Crippen LogP contribution in [0.25, 0.3) is 0 Å². The summed E-state index contributed by atoms with van der Waals surface area (Å²) in [5.41, 5.74) is 1.26. The molecule has 1 aromatic carbocycles. The van der Waals surface area contributed by atoms with Crippen molar-refractivity contribution >= 4 is 15.7 Å². The number of benzene rings is 1. The Hall–Kier alpha value is -1.99. The number of hydrogen-bond acceptors (Lipinski definition) is 5. The van der Waals surface area contributed by atoms with E-state index in [0.29, 0.717) is 5.69 Å². The molecular weight excluding hydrogens is 288 g/mol. The summed E-state index contributed by atoms with van der Waals surface area (Å²) in [5.74, 6) is 0. The molecule has 0 bridgehead atoms. The zero-order valence-corrected chi connectivity index (χ0v) is 12.8. The highest BCUT2D eigenvalue weighted by molar-refractivity contribution is 7.92. The van der Waals surface area contributed by atoms with Gasteiger partial charge in [0.1, 0.15) is 6.33 Å². The van der Waals surface area contributed by atoms with Crippen molar-refractivity contribution in [3.63, 3.8) is 0 Å². The minimum absolute atomic E-state index is 0.0882. The number of aromatic nitrogens is 2. The molecule has 0 aliphatic carbocycles. The van der Waals surface area contributed by atoms with Gasteiger partial charge in [-0.1, -0.05) is 19.1 Å². The van der Waals surface area contributed by atoms with Crippen LogP contribution in [-0.2, 0) is 10.0 Å². The van der Waals surface area contributed by atoms with Crippen LogP contribution in [-0.4, -0.2) is 24.9 Å². The van der Waals surface area contributed by atoms with Crippen LogP contribution in [0.4, 0.5) is 5.69 Å². The Morgan fingerprint density at radius 2 is 1.95 bits per heavy atom. The fraction of sp³-hybridized carbons (Fsp3) is 0.286. The summed E-state index contributed by atoms with van der Waals surface area (Å²) in [6.07, 6.45) is 4.17. The van der Waals surface area contributed by atoms with Gasteiger partial charge in [0.2, 0.25) is 0 Å². The van der Waals surface area contributed by atoms with E-state index in [2.05, 4.69) is 20.0 Å². The highest BCUT2D eigenvalue weighted by Gasteiger charge is 2.16. The van der Waals surface area contributed by atoms with E-state index in [9.17, 15) is 8.42 Å². The molecule has 6 nitrogen and oxygen atoms in total. The Morgan fingerprint density at radius 1 is 1.24 bits per heavy atom. The van der Waals surface area contributed by atoms with Crippen molar-refractivity contribution in [3.05, 3.63) is 48.5 Å². The molecule has 0 aliphatic heterocycles. The van der Waals surface area contributed by atoms with Crippen molar-refractivity contribution in [2.45, 2.75) is 24.8 Å². The molecule has 0 amide bonds. The average molecular weight is 306 g/mol. The molecule has 1 heterocycles. The number of sulfonamides is 1. The van der Waals surface area contributed by atoms with E-state index in [1.165, 1.54) is 18.7 Å². The molecule has 7 heteroatoms. The second-order valence-electron chi connectivity index (χ2n) is 4.58. The molecule has 0 saturated heterocycles. The highest BCUT2D eigenvalue weighted by atomic mass is 32.2. The van der Waals surface area contributed by atoms with Crippen LogP contribution >= 0.6 is 0 Å². The lowest BCUT2D eigenvalue weighted by Gasteiger charge is -2.14. The zero-order chi connectivity index (χ0) is 15.3. The van der Waals surface area contributed by atoms with Gasteiger partial charge in [0.25, 0.3) is 10.0 Å². The van der Waals surface area contributed by atoms with Crippen LogP contribution in [0, 0.1) is 0 Å². The molecular formula is C14H18N4O2S. The molecule has 1 unspecified atom stereocenters. The first-order valence-corrected chi connectivity index (χ1v) is 8.12. The lowest BCUT2D eigenvalue weighted by Crippen LogP contribution is -2.19. The molecule has 2 N–H and O–H groups in total. The Balaban J connectivity index is 2.26. The van der Waals surface area contributed by atoms with Crippen molar-refractivity contribution in [1.82, 2.24) is 15.3 Å². The average Bonchev–Trinajstić information content (AvgIpc) is 2.48. The van der Waals surface area contributed by atoms with Gasteiger partial charge in [0, 0.05) is 6.04 Å². The van der Waals surface area contributed by atoms with Crippen molar-refractivity contribution < 1.29 is 8.42 Å². The first-order chi connectivity index (χ1) is 10.0. The third kappa shape index (κ3) is 3.99. The predicted molar refractivity (Wildman–Crippen MR) is 81.4 cm³/mol. The molecule has 21 heavy (non-hydrogen) atoms. The van der Waals surface area contributed by atoms with Crippen LogP contribution in [0.3, 0.4) is 0 Å². The van der Waals surface area contributed by atoms with E-state index in [4.69, 9.17) is 0 Å². The van der Waals surface area contributed by atoms with Crippen LogP contribution in [0.2, 0.25) is 0 Å². The molecule has 0 radical (unpaired) electrons. The molecule has 0 fully saturated rings. The normalized spacial score (nSPS) is 12.9. The van der Waals surface area contributed by atoms with Gasteiger partial charge in [-0.05, 0) is 31.2 Å². The van der Waals surface area contributed by atoms with Crippen LogP contribution in [0.15, 0.2) is 47.9 Å². The molecule has 0 saturated carbocycles. The van der Waals surface area contributed by atoms with Gasteiger partial charge >= 0.3 is 0 Å². The lowest BCUT2D eigenvalue weighted by molar-refractivity contribution is 0.592. The Bertz CT molecular complexity index is 689. The standard InChI is InChI=1S/C14H18N4O2S/c1-3-17-11(2)12-5-4-6-14(7-12)21(19,20)18-13-8-15-10-16-9-13/h4-11,17-18H,3H2,1-2H3. The minimum Gasteiger partial charge on any atom is -0.310 e. The third-order valence-electron chi connectivity index (χ3n) is 2.99. The summed E-state index contributed by atoms with van der Waals surface area (Å²) in [5, 5.41) is 3.25. The monoisotopic (exact) mass is 306 g/mol. The topological polar surface area (TPSA) is 84.0 Å². The molecule has 1 aromatic heterocycles. The molecule has 112 valence electrons. The quantitative estimate of drug-likeness (QED) is 0.852. The van der Waals surface area contributed by atoms with Crippen molar-refractivity contribution in [2.24, 2.45) is 0 Å². The predicted octanol–water partition coefficient (Wildman–Crippen LogP) is 1.95. The fourth-order valence-electron chi connectivity index (χ4n) is 1.94. The summed E-state index contributed by atoms with van der Waals surface area (Å²) in [4.78, 5) is 7.79. The van der Waals surface area contributed by atoms with E-state index in [-0.39, 0.29) is 10.9 Å². The lowest BCUT2D eigenvalue weighted by atomic mass is 10.1. The SMILES string of the molecule is CCNC(C)c1cccc(S(=O)(=O)Nc2cncnc2)c1. The first-order valence-electron chi connectivity index (χ1n) is 6.64. The number of anilines is 1. The fourth-order valence-corrected chi connectivity index (χ4v) is 3.02. The number of rotatable bonds is 6. The third-order valence-corrected chi connectivity index (χ3v) is 4.37. The van der Waals surface area contributed by atoms with E-state index >= 15 is 0 Å². The first kappa shape index (κ1) is 15.4. The van der Waals surface area contributed by atoms with Crippen LogP contribution in [0.5, 0.6) is 0 Å². The molecule has 2 rings (SSSR count). The second kappa shape index (κ2) is 6.64. The van der Waals surface area contributed by atoms with Crippen molar-refractivity contribution in [3.8, 4) is 0 Å². The molecule has 0 aliphatic rings. The van der Waals surface area contributed by atoms with E-state index in [1.807, 2.05) is 19.9 Å². The zero-order valence-electron chi connectivity index (χ0n) is 11.9. The van der Waals surface area contributed by atoms with Gasteiger partial charge < -0.3 is 5.32 Å². The summed E-state index contributed by atoms with van der Waals surface area (Å²) >= 11 is 0. The van der Waals surface area contributed by atoms with Gasteiger partial charge in [-0.25, -0.2) is 18.4 Å². The summed E-state index contributed by atoms with van der Waals surface area (Å²) in [6.45, 7) is 4.82. The summed E-state index contributed by atoms with van der Waals surface area (Å²) in [6, 6.07) is 6.95. The van der Waals surface area contributed by atoms with Gasteiger partial charge in [0.05, 0.1) is 23.0 Å². The van der Waals surface area contributed by atoms with Gasteiger partial charge in [-0.2, -0.15) is 0 Å². The van der Waals surface area contributed by atoms with Gasteiger partial charge in [-0.15, -0.1) is 0 Å². The second-order valence-corrected chi connectivity index (χ2v) is 6.27. The summed E-state index contributed by atoms with van der Waals surface area (Å²) < 4.78 is 27.2. The minimum atomic E-state index is -3.64. The Morgan fingerprint density at radius 3 is 2.62 bits per heavy atom. The maximum atomic E-state index is 12.3. The smallest absolute Gasteiger partial charge is 0.262 e. The number of nitrogens with one attached hydrogen (secondary N) is 2. The van der Waals surface area contributed by atoms with Crippen molar-refractivity contribution in [1.29, 1.82) is 0 Å².